The minimum absolute atomic E-state index is 0.262. The minimum Gasteiger partial charge on any atom is -0.285 e. The van der Waals surface area contributed by atoms with Crippen LogP contribution in [0.5, 0.6) is 5.75 Å². The van der Waals surface area contributed by atoms with Gasteiger partial charge in [-0.1, -0.05) is 55.6 Å². The first-order chi connectivity index (χ1) is 9.91. The van der Waals surface area contributed by atoms with Gasteiger partial charge in [0.1, 0.15) is 0 Å². The molecule has 0 aliphatic carbocycles. The lowest BCUT2D eigenvalue weighted by atomic mass is 10.1. The van der Waals surface area contributed by atoms with E-state index < -0.39 is 5.97 Å². The van der Waals surface area contributed by atoms with Gasteiger partial charge in [0, 0.05) is 17.5 Å². The number of carbonyl (C=O) groups is 1. The van der Waals surface area contributed by atoms with E-state index in [1.165, 1.54) is 13.3 Å². The Kier molecular flexibility index (Phi) is 7.62. The largest absolute Gasteiger partial charge is 0.352 e. The third-order valence-electron chi connectivity index (χ3n) is 2.78. The van der Waals surface area contributed by atoms with Crippen molar-refractivity contribution >= 4 is 35.2 Å². The lowest BCUT2D eigenvalue weighted by Gasteiger charge is -2.08. The molecule has 0 atom stereocenters. The molecule has 0 saturated carbocycles. The van der Waals surface area contributed by atoms with Crippen LogP contribution in [0.2, 0.25) is 10.0 Å². The Morgan fingerprint density at radius 3 is 2.67 bits per heavy atom. The maximum Gasteiger partial charge on any atom is 0.352 e. The van der Waals surface area contributed by atoms with Crippen molar-refractivity contribution in [3.05, 3.63) is 33.8 Å². The molecule has 1 rings (SSSR count). The molecule has 1 aromatic rings. The maximum absolute atomic E-state index is 10.7. The molecule has 0 aromatic heterocycles. The second kappa shape index (κ2) is 8.96. The highest BCUT2D eigenvalue weighted by molar-refractivity contribution is 6.38. The summed E-state index contributed by atoms with van der Waals surface area (Å²) in [4.78, 5) is 20.1. The van der Waals surface area contributed by atoms with E-state index in [0.717, 1.165) is 12.8 Å². The second-order valence-corrected chi connectivity index (χ2v) is 5.94. The van der Waals surface area contributed by atoms with Crippen LogP contribution in [0.15, 0.2) is 18.2 Å². The number of benzene rings is 1. The third-order valence-corrected chi connectivity index (χ3v) is 3.50. The van der Waals surface area contributed by atoms with Crippen LogP contribution in [0.4, 0.5) is 0 Å². The van der Waals surface area contributed by atoms with Gasteiger partial charge in [0.15, 0.2) is 5.75 Å². The van der Waals surface area contributed by atoms with Crippen LogP contribution >= 0.6 is 23.2 Å². The number of unbranched alkanes of at least 4 members (excludes halogenated alkanes) is 1. The van der Waals surface area contributed by atoms with E-state index >= 15 is 0 Å². The average molecular weight is 331 g/mol. The van der Waals surface area contributed by atoms with Crippen LogP contribution in [-0.2, 0) is 9.68 Å². The van der Waals surface area contributed by atoms with Crippen LogP contribution < -0.4 is 4.89 Å². The molecule has 0 radical (unpaired) electrons. The van der Waals surface area contributed by atoms with E-state index in [4.69, 9.17) is 28.1 Å². The summed E-state index contributed by atoms with van der Waals surface area (Å²) in [6, 6.07) is 3.21. The zero-order valence-corrected chi connectivity index (χ0v) is 14.0. The summed E-state index contributed by atoms with van der Waals surface area (Å²) < 4.78 is 0. The minimum atomic E-state index is -0.549. The molecular formula is C16H20Cl2O3. The molecule has 0 saturated heterocycles. The van der Waals surface area contributed by atoms with Crippen molar-refractivity contribution < 1.29 is 14.6 Å². The molecule has 0 spiro atoms. The summed E-state index contributed by atoms with van der Waals surface area (Å²) in [5, 5.41) is 0.846. The predicted octanol–water partition coefficient (Wildman–Crippen LogP) is 5.69. The van der Waals surface area contributed by atoms with E-state index in [9.17, 15) is 4.79 Å². The smallest absolute Gasteiger partial charge is 0.285 e. The normalized spacial score (nSPS) is 11.1. The lowest BCUT2D eigenvalue weighted by Crippen LogP contribution is -2.03. The van der Waals surface area contributed by atoms with Gasteiger partial charge in [-0.2, -0.15) is 0 Å². The van der Waals surface area contributed by atoms with E-state index in [1.54, 1.807) is 12.1 Å². The molecule has 0 bridgehead atoms. The van der Waals surface area contributed by atoms with Gasteiger partial charge >= 0.3 is 5.97 Å². The topological polar surface area (TPSA) is 35.5 Å². The van der Waals surface area contributed by atoms with Gasteiger partial charge < -0.3 is 0 Å². The molecule has 3 nitrogen and oxygen atoms in total. The number of rotatable bonds is 7. The standard InChI is InChI=1S/C16H20Cl2O3/c1-11(2)7-5-4-6-8-13-14(17)9-10-15(16(13)18)21-20-12(3)19/h6,8-11H,4-5,7H2,1-3H3. The Bertz CT molecular complexity index is 510. The quantitative estimate of drug-likeness (QED) is 0.366. The summed E-state index contributed by atoms with van der Waals surface area (Å²) in [5.74, 6) is 0.413. The van der Waals surface area contributed by atoms with Crippen molar-refractivity contribution in [2.75, 3.05) is 0 Å². The summed E-state index contributed by atoms with van der Waals surface area (Å²) in [7, 11) is 0. The molecule has 0 N–H and O–H groups in total. The summed E-state index contributed by atoms with van der Waals surface area (Å²) in [5.41, 5.74) is 0.660. The first kappa shape index (κ1) is 17.9. The van der Waals surface area contributed by atoms with Gasteiger partial charge in [-0.15, -0.1) is 0 Å². The number of halogens is 2. The van der Waals surface area contributed by atoms with E-state index in [-0.39, 0.29) is 5.75 Å². The average Bonchev–Trinajstić information content (AvgIpc) is 2.40. The molecule has 0 aliphatic rings. The number of carbonyl (C=O) groups excluding carboxylic acids is 1. The SMILES string of the molecule is CC(=O)OOc1ccc(Cl)c(C=CCCCC(C)C)c1Cl. The Balaban J connectivity index is 2.74. The molecule has 116 valence electrons. The zero-order valence-electron chi connectivity index (χ0n) is 12.5. The van der Waals surface area contributed by atoms with E-state index in [1.807, 2.05) is 12.2 Å². The number of hydrogen-bond donors (Lipinski definition) is 0. The van der Waals surface area contributed by atoms with Gasteiger partial charge in [-0.05, 0) is 30.9 Å². The van der Waals surface area contributed by atoms with Crippen molar-refractivity contribution in [2.45, 2.75) is 40.0 Å². The first-order valence-corrected chi connectivity index (χ1v) is 7.67. The maximum atomic E-state index is 10.7. The van der Waals surface area contributed by atoms with Gasteiger partial charge in [0.05, 0.1) is 5.02 Å². The Hall–Kier alpha value is -1.19. The van der Waals surface area contributed by atoms with E-state index in [2.05, 4.69) is 18.7 Å². The number of allylic oxidation sites excluding steroid dienone is 1. The van der Waals surface area contributed by atoms with Crippen molar-refractivity contribution in [2.24, 2.45) is 5.92 Å². The summed E-state index contributed by atoms with van der Waals surface area (Å²) in [6.07, 6.45) is 7.16. The fourth-order valence-corrected chi connectivity index (χ4v) is 2.24. The zero-order chi connectivity index (χ0) is 15.8. The summed E-state index contributed by atoms with van der Waals surface area (Å²) >= 11 is 12.3. The molecule has 21 heavy (non-hydrogen) atoms. The van der Waals surface area contributed by atoms with Crippen molar-refractivity contribution in [1.29, 1.82) is 0 Å². The van der Waals surface area contributed by atoms with Crippen LogP contribution in [0, 0.1) is 5.92 Å². The van der Waals surface area contributed by atoms with Crippen molar-refractivity contribution in [3.63, 3.8) is 0 Å². The second-order valence-electron chi connectivity index (χ2n) is 5.16. The highest BCUT2D eigenvalue weighted by Crippen LogP contribution is 2.34. The molecule has 0 fully saturated rings. The molecule has 0 unspecified atom stereocenters. The van der Waals surface area contributed by atoms with Crippen LogP contribution in [0.1, 0.15) is 45.6 Å². The third kappa shape index (κ3) is 6.40. The van der Waals surface area contributed by atoms with Gasteiger partial charge in [-0.25, -0.2) is 4.79 Å². The van der Waals surface area contributed by atoms with Gasteiger partial charge in [-0.3, -0.25) is 9.78 Å². The number of hydrogen-bond acceptors (Lipinski definition) is 3. The van der Waals surface area contributed by atoms with Crippen LogP contribution in [-0.4, -0.2) is 5.97 Å². The molecule has 0 amide bonds. The van der Waals surface area contributed by atoms with E-state index in [0.29, 0.717) is 21.5 Å². The Morgan fingerprint density at radius 1 is 1.33 bits per heavy atom. The Morgan fingerprint density at radius 2 is 2.05 bits per heavy atom. The monoisotopic (exact) mass is 330 g/mol. The fraction of sp³-hybridized carbons (Fsp3) is 0.438. The van der Waals surface area contributed by atoms with Gasteiger partial charge in [0.2, 0.25) is 0 Å². The first-order valence-electron chi connectivity index (χ1n) is 6.91. The molecule has 1 aromatic carbocycles. The highest BCUT2D eigenvalue weighted by Gasteiger charge is 2.11. The molecular weight excluding hydrogens is 311 g/mol. The van der Waals surface area contributed by atoms with Crippen LogP contribution in [0.25, 0.3) is 6.08 Å². The Labute approximate surface area is 135 Å². The van der Waals surface area contributed by atoms with Crippen molar-refractivity contribution in [3.8, 4) is 5.75 Å². The highest BCUT2D eigenvalue weighted by atomic mass is 35.5. The fourth-order valence-electron chi connectivity index (χ4n) is 1.72. The van der Waals surface area contributed by atoms with Crippen LogP contribution in [0.3, 0.4) is 0 Å². The summed E-state index contributed by atoms with van der Waals surface area (Å²) in [6.45, 7) is 5.65. The molecule has 5 heteroatoms. The van der Waals surface area contributed by atoms with Crippen molar-refractivity contribution in [1.82, 2.24) is 0 Å². The van der Waals surface area contributed by atoms with Gasteiger partial charge in [0.25, 0.3) is 0 Å². The predicted molar refractivity (Wildman–Crippen MR) is 86.6 cm³/mol. The lowest BCUT2D eigenvalue weighted by molar-refractivity contribution is -0.210. The molecule has 0 heterocycles. The molecule has 0 aliphatic heterocycles.